The zero-order chi connectivity index (χ0) is 20.8. The first-order chi connectivity index (χ1) is 13.7. The topological polar surface area (TPSA) is 37.4 Å². The lowest BCUT2D eigenvalue weighted by molar-refractivity contribution is -0.137. The van der Waals surface area contributed by atoms with Crippen molar-refractivity contribution in [2.45, 2.75) is 55.8 Å². The van der Waals surface area contributed by atoms with E-state index in [9.17, 15) is 21.6 Å². The first kappa shape index (κ1) is 20.2. The summed E-state index contributed by atoms with van der Waals surface area (Å²) in [7, 11) is -3.80. The van der Waals surface area contributed by atoms with Gasteiger partial charge < -0.3 is 0 Å². The Kier molecular flexibility index (Phi) is 5.07. The van der Waals surface area contributed by atoms with Gasteiger partial charge >= 0.3 is 6.18 Å². The fraction of sp³-hybridized carbons (Fsp3) is 0.364. The maximum Gasteiger partial charge on any atom is 0.416 e. The molecule has 2 aromatic rings. The molecule has 29 heavy (non-hydrogen) atoms. The van der Waals surface area contributed by atoms with E-state index in [2.05, 4.69) is 0 Å². The summed E-state index contributed by atoms with van der Waals surface area (Å²) in [5.41, 5.74) is 1.84. The first-order valence-corrected chi connectivity index (χ1v) is 11.1. The van der Waals surface area contributed by atoms with Gasteiger partial charge in [-0.2, -0.15) is 17.5 Å². The molecule has 1 aliphatic heterocycles. The van der Waals surface area contributed by atoms with E-state index in [-0.39, 0.29) is 10.9 Å². The quantitative estimate of drug-likeness (QED) is 0.603. The summed E-state index contributed by atoms with van der Waals surface area (Å²) >= 11 is 0. The van der Waals surface area contributed by atoms with Crippen LogP contribution in [0.15, 0.2) is 65.1 Å². The zero-order valence-corrected chi connectivity index (χ0v) is 16.8. The Morgan fingerprint density at radius 3 is 2.24 bits per heavy atom. The second kappa shape index (κ2) is 7.29. The standard InChI is InChI=1S/C22H22F3NO2S/c1-15-6-12-19(13-7-15)29(27,28)26-20-5-3-2-4-17(20)14-21(26)16-8-10-18(11-9-16)22(23,24)25/h6-14,20-21H,2-5H2,1H3/t20-,21+/m1/s1. The van der Waals surface area contributed by atoms with Crippen molar-refractivity contribution in [3.05, 3.63) is 76.9 Å². The van der Waals surface area contributed by atoms with Crippen molar-refractivity contribution < 1.29 is 21.6 Å². The molecule has 2 atom stereocenters. The fourth-order valence-corrected chi connectivity index (χ4v) is 6.02. The molecule has 1 fully saturated rings. The van der Waals surface area contributed by atoms with E-state index < -0.39 is 27.8 Å². The molecule has 2 aromatic carbocycles. The maximum atomic E-state index is 13.5. The van der Waals surface area contributed by atoms with Crippen molar-refractivity contribution in [2.24, 2.45) is 0 Å². The van der Waals surface area contributed by atoms with Crippen molar-refractivity contribution >= 4 is 10.0 Å². The lowest BCUT2D eigenvalue weighted by Gasteiger charge is -2.33. The van der Waals surface area contributed by atoms with E-state index in [1.165, 1.54) is 16.4 Å². The third kappa shape index (κ3) is 3.73. The van der Waals surface area contributed by atoms with Gasteiger partial charge in [0.05, 0.1) is 16.5 Å². The Bertz CT molecular complexity index is 1030. The monoisotopic (exact) mass is 421 g/mol. The normalized spacial score (nSPS) is 23.0. The van der Waals surface area contributed by atoms with Crippen LogP contribution < -0.4 is 0 Å². The second-order valence-corrected chi connectivity index (χ2v) is 9.56. The smallest absolute Gasteiger partial charge is 0.207 e. The van der Waals surface area contributed by atoms with Crippen LogP contribution in [0.2, 0.25) is 0 Å². The van der Waals surface area contributed by atoms with Gasteiger partial charge in [-0.3, -0.25) is 0 Å². The van der Waals surface area contributed by atoms with E-state index in [4.69, 9.17) is 0 Å². The number of halogens is 3. The first-order valence-electron chi connectivity index (χ1n) is 9.66. The van der Waals surface area contributed by atoms with Crippen molar-refractivity contribution in [3.8, 4) is 0 Å². The van der Waals surface area contributed by atoms with E-state index in [0.717, 1.165) is 49.0 Å². The van der Waals surface area contributed by atoms with Gasteiger partial charge in [0, 0.05) is 6.04 Å². The molecular formula is C22H22F3NO2S. The minimum Gasteiger partial charge on any atom is -0.207 e. The number of aryl methyl sites for hydroxylation is 1. The number of alkyl halides is 3. The Morgan fingerprint density at radius 1 is 0.966 bits per heavy atom. The molecule has 7 heteroatoms. The number of hydrogen-bond acceptors (Lipinski definition) is 2. The van der Waals surface area contributed by atoms with Crippen LogP contribution in [0.4, 0.5) is 13.2 Å². The van der Waals surface area contributed by atoms with Crippen LogP contribution in [-0.4, -0.2) is 18.8 Å². The summed E-state index contributed by atoms with van der Waals surface area (Å²) < 4.78 is 67.4. The van der Waals surface area contributed by atoms with Crippen LogP contribution in [0.1, 0.15) is 48.4 Å². The number of nitrogens with zero attached hydrogens (tertiary/aromatic N) is 1. The molecule has 0 bridgehead atoms. The third-order valence-electron chi connectivity index (χ3n) is 5.75. The molecule has 154 valence electrons. The highest BCUT2D eigenvalue weighted by Gasteiger charge is 2.44. The van der Waals surface area contributed by atoms with Crippen LogP contribution in [0.25, 0.3) is 0 Å². The van der Waals surface area contributed by atoms with E-state index in [1.54, 1.807) is 24.3 Å². The predicted octanol–water partition coefficient (Wildman–Crippen LogP) is 5.63. The number of hydrogen-bond donors (Lipinski definition) is 0. The largest absolute Gasteiger partial charge is 0.416 e. The summed E-state index contributed by atoms with van der Waals surface area (Å²) in [6.45, 7) is 1.89. The molecular weight excluding hydrogens is 399 g/mol. The number of fused-ring (bicyclic) bond motifs is 1. The molecule has 1 heterocycles. The van der Waals surface area contributed by atoms with E-state index in [0.29, 0.717) is 5.56 Å². The van der Waals surface area contributed by atoms with Gasteiger partial charge in [0.15, 0.2) is 0 Å². The lowest BCUT2D eigenvalue weighted by Crippen LogP contribution is -2.40. The summed E-state index contributed by atoms with van der Waals surface area (Å²) in [6, 6.07) is 10.7. The molecule has 0 spiro atoms. The highest BCUT2D eigenvalue weighted by Crippen LogP contribution is 2.45. The Balaban J connectivity index is 1.76. The fourth-order valence-electron chi connectivity index (χ4n) is 4.24. The van der Waals surface area contributed by atoms with Crippen LogP contribution in [-0.2, 0) is 16.2 Å². The van der Waals surface area contributed by atoms with Crippen LogP contribution in [0.5, 0.6) is 0 Å². The Hall–Kier alpha value is -2.12. The maximum absolute atomic E-state index is 13.5. The Labute approximate surface area is 168 Å². The average Bonchev–Trinajstić information content (AvgIpc) is 3.08. The van der Waals surface area contributed by atoms with Gasteiger partial charge in [-0.05, 0) is 56.0 Å². The molecule has 2 aliphatic rings. The molecule has 0 radical (unpaired) electrons. The van der Waals surface area contributed by atoms with Gasteiger partial charge in [0.1, 0.15) is 0 Å². The van der Waals surface area contributed by atoms with Crippen molar-refractivity contribution in [2.75, 3.05) is 0 Å². The third-order valence-corrected chi connectivity index (χ3v) is 7.65. The number of sulfonamides is 1. The minimum absolute atomic E-state index is 0.209. The second-order valence-electron chi connectivity index (χ2n) is 7.72. The van der Waals surface area contributed by atoms with Gasteiger partial charge in [0.2, 0.25) is 10.0 Å². The van der Waals surface area contributed by atoms with Crippen LogP contribution >= 0.6 is 0 Å². The molecule has 3 nitrogen and oxygen atoms in total. The van der Waals surface area contributed by atoms with E-state index >= 15 is 0 Å². The predicted molar refractivity (Wildman–Crippen MR) is 105 cm³/mol. The SMILES string of the molecule is Cc1ccc(S(=O)(=O)N2[C@@H]3CCCCC3=C[C@H]2c2ccc(C(F)(F)F)cc2)cc1. The molecule has 4 rings (SSSR count). The average molecular weight is 421 g/mol. The molecule has 0 aromatic heterocycles. The highest BCUT2D eigenvalue weighted by atomic mass is 32.2. The molecule has 0 saturated heterocycles. The number of rotatable bonds is 3. The number of benzene rings is 2. The summed E-state index contributed by atoms with van der Waals surface area (Å²) in [6.07, 6.45) is 0.990. The molecule has 0 unspecified atom stereocenters. The molecule has 1 aliphatic carbocycles. The minimum atomic E-state index is -4.42. The van der Waals surface area contributed by atoms with Gasteiger partial charge in [-0.25, -0.2) is 8.42 Å². The highest BCUT2D eigenvalue weighted by molar-refractivity contribution is 7.89. The van der Waals surface area contributed by atoms with Crippen LogP contribution in [0.3, 0.4) is 0 Å². The summed E-state index contributed by atoms with van der Waals surface area (Å²) in [5, 5.41) is 0. The molecule has 0 amide bonds. The van der Waals surface area contributed by atoms with Gasteiger partial charge in [-0.1, -0.05) is 47.9 Å². The molecule has 1 saturated carbocycles. The van der Waals surface area contributed by atoms with Crippen molar-refractivity contribution in [1.82, 2.24) is 4.31 Å². The van der Waals surface area contributed by atoms with Crippen LogP contribution in [0, 0.1) is 6.92 Å². The molecule has 0 N–H and O–H groups in total. The van der Waals surface area contributed by atoms with Crippen molar-refractivity contribution in [1.29, 1.82) is 0 Å². The van der Waals surface area contributed by atoms with Crippen molar-refractivity contribution in [3.63, 3.8) is 0 Å². The van der Waals surface area contributed by atoms with Gasteiger partial charge in [0.25, 0.3) is 0 Å². The summed E-state index contributed by atoms with van der Waals surface area (Å²) in [5.74, 6) is 0. The summed E-state index contributed by atoms with van der Waals surface area (Å²) in [4.78, 5) is 0.209. The zero-order valence-electron chi connectivity index (χ0n) is 16.0. The lowest BCUT2D eigenvalue weighted by atomic mass is 9.92. The van der Waals surface area contributed by atoms with Gasteiger partial charge in [-0.15, -0.1) is 0 Å². The van der Waals surface area contributed by atoms with E-state index in [1.807, 2.05) is 13.0 Å². The Morgan fingerprint density at radius 2 is 1.62 bits per heavy atom.